The van der Waals surface area contributed by atoms with Crippen molar-refractivity contribution in [3.8, 4) is 0 Å². The molecule has 4 heterocycles. The number of hydrogen-bond donors (Lipinski definition) is 0. The summed E-state index contributed by atoms with van der Waals surface area (Å²) in [4.78, 5) is 32.9. The fourth-order valence-corrected chi connectivity index (χ4v) is 4.30. The minimum atomic E-state index is -0.451. The molecule has 1 aliphatic heterocycles. The number of aryl methyl sites for hydroxylation is 1. The van der Waals surface area contributed by atoms with E-state index in [-0.39, 0.29) is 6.54 Å². The predicted molar refractivity (Wildman–Crippen MR) is 115 cm³/mol. The fraction of sp³-hybridized carbons (Fsp3) is 0.250. The second-order valence-corrected chi connectivity index (χ2v) is 8.05. The van der Waals surface area contributed by atoms with Crippen LogP contribution < -0.4 is 16.1 Å². The van der Waals surface area contributed by atoms with Gasteiger partial charge in [-0.15, -0.1) is 0 Å². The molecule has 154 valence electrons. The molecule has 0 saturated carbocycles. The fourth-order valence-electron chi connectivity index (χ4n) is 3.83. The van der Waals surface area contributed by atoms with Crippen molar-refractivity contribution in [2.45, 2.75) is 19.6 Å². The van der Waals surface area contributed by atoms with E-state index in [0.717, 1.165) is 5.76 Å². The molecule has 0 spiro atoms. The number of furan rings is 1. The number of halogens is 2. The Morgan fingerprint density at radius 1 is 1.13 bits per heavy atom. The molecule has 0 aliphatic carbocycles. The van der Waals surface area contributed by atoms with Gasteiger partial charge < -0.3 is 13.9 Å². The van der Waals surface area contributed by atoms with Crippen molar-refractivity contribution >= 4 is 40.3 Å². The van der Waals surface area contributed by atoms with Crippen LogP contribution in [0.15, 0.2) is 50.6 Å². The quantitative estimate of drug-likeness (QED) is 0.482. The highest BCUT2D eigenvalue weighted by Gasteiger charge is 2.28. The molecule has 4 aromatic rings. The maximum absolute atomic E-state index is 13.3. The molecule has 0 atom stereocenters. The summed E-state index contributed by atoms with van der Waals surface area (Å²) < 4.78 is 9.88. The number of hydrogen-bond acceptors (Lipinski definition) is 5. The summed E-state index contributed by atoms with van der Waals surface area (Å²) in [5.74, 6) is 1.45. The summed E-state index contributed by atoms with van der Waals surface area (Å²) in [6, 6.07) is 8.71. The van der Waals surface area contributed by atoms with E-state index >= 15 is 0 Å². The summed E-state index contributed by atoms with van der Waals surface area (Å²) in [6.07, 6.45) is 1.62. The summed E-state index contributed by atoms with van der Waals surface area (Å²) in [5.41, 5.74) is 0.563. The van der Waals surface area contributed by atoms with Crippen molar-refractivity contribution in [3.63, 3.8) is 0 Å². The number of rotatable bonds is 4. The van der Waals surface area contributed by atoms with Crippen LogP contribution in [0, 0.1) is 0 Å². The van der Waals surface area contributed by atoms with Crippen LogP contribution in [0.25, 0.3) is 11.2 Å². The molecule has 0 saturated heterocycles. The van der Waals surface area contributed by atoms with E-state index in [1.54, 1.807) is 31.5 Å². The molecule has 0 unspecified atom stereocenters. The first-order chi connectivity index (χ1) is 14.4. The largest absolute Gasteiger partial charge is 0.467 e. The van der Waals surface area contributed by atoms with Crippen molar-refractivity contribution in [2.75, 3.05) is 11.4 Å². The Bertz CT molecular complexity index is 1380. The van der Waals surface area contributed by atoms with Crippen molar-refractivity contribution < 1.29 is 4.42 Å². The van der Waals surface area contributed by atoms with Gasteiger partial charge in [-0.2, -0.15) is 4.98 Å². The van der Waals surface area contributed by atoms with Gasteiger partial charge in [-0.1, -0.05) is 29.3 Å². The summed E-state index contributed by atoms with van der Waals surface area (Å²) in [5, 5.41) is 0.893. The zero-order valence-corrected chi connectivity index (χ0v) is 17.5. The smallest absolute Gasteiger partial charge is 0.332 e. The van der Waals surface area contributed by atoms with Gasteiger partial charge in [0.05, 0.1) is 19.4 Å². The van der Waals surface area contributed by atoms with Crippen LogP contribution in [-0.2, 0) is 26.7 Å². The monoisotopic (exact) mass is 445 g/mol. The van der Waals surface area contributed by atoms with Gasteiger partial charge >= 0.3 is 5.69 Å². The van der Waals surface area contributed by atoms with E-state index in [0.29, 0.717) is 52.4 Å². The SMILES string of the molecule is Cn1c(=O)n(Cc2ccc(Cl)cc2Cl)c(=O)c2c1nc1n2CCN1Cc1ccco1. The number of aromatic nitrogens is 4. The topological polar surface area (TPSA) is 78.2 Å². The Labute approximate surface area is 180 Å². The molecule has 1 aliphatic rings. The molecule has 1 aromatic carbocycles. The molecule has 0 bridgehead atoms. The molecule has 0 fully saturated rings. The highest BCUT2D eigenvalue weighted by molar-refractivity contribution is 6.35. The second kappa shape index (κ2) is 7.07. The van der Waals surface area contributed by atoms with E-state index < -0.39 is 11.2 Å². The summed E-state index contributed by atoms with van der Waals surface area (Å²) >= 11 is 12.2. The van der Waals surface area contributed by atoms with Crippen LogP contribution in [0.4, 0.5) is 5.95 Å². The molecule has 0 amide bonds. The highest BCUT2D eigenvalue weighted by Crippen LogP contribution is 2.27. The molecule has 3 aromatic heterocycles. The number of anilines is 1. The van der Waals surface area contributed by atoms with Gasteiger partial charge in [0.2, 0.25) is 5.95 Å². The van der Waals surface area contributed by atoms with Gasteiger partial charge in [0, 0.05) is 30.2 Å². The molecule has 5 rings (SSSR count). The van der Waals surface area contributed by atoms with Crippen LogP contribution >= 0.6 is 23.2 Å². The van der Waals surface area contributed by atoms with Crippen LogP contribution in [0.2, 0.25) is 10.0 Å². The first-order valence-electron chi connectivity index (χ1n) is 9.35. The van der Waals surface area contributed by atoms with Gasteiger partial charge in [0.25, 0.3) is 5.56 Å². The predicted octanol–water partition coefficient (Wildman–Crippen LogP) is 2.87. The number of benzene rings is 1. The van der Waals surface area contributed by atoms with E-state index in [1.807, 2.05) is 21.6 Å². The average molecular weight is 446 g/mol. The summed E-state index contributed by atoms with van der Waals surface area (Å²) in [7, 11) is 1.61. The first kappa shape index (κ1) is 19.0. The van der Waals surface area contributed by atoms with Crippen LogP contribution in [-0.4, -0.2) is 25.2 Å². The molecule has 30 heavy (non-hydrogen) atoms. The minimum Gasteiger partial charge on any atom is -0.467 e. The van der Waals surface area contributed by atoms with Crippen LogP contribution in [0.5, 0.6) is 0 Å². The Morgan fingerprint density at radius 3 is 2.70 bits per heavy atom. The molecular weight excluding hydrogens is 429 g/mol. The van der Waals surface area contributed by atoms with Crippen molar-refractivity contribution in [3.05, 3.63) is 78.8 Å². The number of nitrogens with zero attached hydrogens (tertiary/aromatic N) is 5. The van der Waals surface area contributed by atoms with Crippen molar-refractivity contribution in [1.82, 2.24) is 18.7 Å². The first-order valence-corrected chi connectivity index (χ1v) is 10.1. The second-order valence-electron chi connectivity index (χ2n) is 7.21. The average Bonchev–Trinajstić information content (AvgIpc) is 3.43. The van der Waals surface area contributed by atoms with Gasteiger partial charge in [-0.25, -0.2) is 4.79 Å². The third-order valence-corrected chi connectivity index (χ3v) is 5.95. The third kappa shape index (κ3) is 2.95. The van der Waals surface area contributed by atoms with E-state index in [2.05, 4.69) is 4.98 Å². The minimum absolute atomic E-state index is 0.0497. The zero-order chi connectivity index (χ0) is 21.0. The molecular formula is C20H17Cl2N5O3. The standard InChI is InChI=1S/C20H17Cl2N5O3/c1-24-17-16(26-7-6-25(19(26)23-17)11-14-3-2-8-30-14)18(28)27(20(24)29)10-12-4-5-13(21)9-15(12)22/h2-5,8-9H,6-7,10-11H2,1H3. The van der Waals surface area contributed by atoms with Gasteiger partial charge in [0.15, 0.2) is 11.2 Å². The van der Waals surface area contributed by atoms with Crippen LogP contribution in [0.1, 0.15) is 11.3 Å². The Hall–Kier alpha value is -2.97. The van der Waals surface area contributed by atoms with E-state index in [9.17, 15) is 9.59 Å². The lowest BCUT2D eigenvalue weighted by atomic mass is 10.2. The van der Waals surface area contributed by atoms with Crippen molar-refractivity contribution in [1.29, 1.82) is 0 Å². The lowest BCUT2D eigenvalue weighted by Crippen LogP contribution is -2.40. The zero-order valence-electron chi connectivity index (χ0n) is 16.0. The normalized spacial score (nSPS) is 13.4. The lowest BCUT2D eigenvalue weighted by molar-refractivity contribution is 0.504. The maximum atomic E-state index is 13.3. The van der Waals surface area contributed by atoms with Gasteiger partial charge in [-0.05, 0) is 29.8 Å². The Kier molecular flexibility index (Phi) is 4.48. The molecule has 8 nitrogen and oxygen atoms in total. The van der Waals surface area contributed by atoms with E-state index in [1.165, 1.54) is 9.13 Å². The van der Waals surface area contributed by atoms with Crippen LogP contribution in [0.3, 0.4) is 0 Å². The van der Waals surface area contributed by atoms with Crippen molar-refractivity contribution in [2.24, 2.45) is 7.05 Å². The molecule has 10 heteroatoms. The number of imidazole rings is 1. The van der Waals surface area contributed by atoms with Gasteiger partial charge in [-0.3, -0.25) is 13.9 Å². The summed E-state index contributed by atoms with van der Waals surface area (Å²) in [6.45, 7) is 1.89. The highest BCUT2D eigenvalue weighted by atomic mass is 35.5. The number of fused-ring (bicyclic) bond motifs is 3. The van der Waals surface area contributed by atoms with Gasteiger partial charge in [0.1, 0.15) is 5.76 Å². The Morgan fingerprint density at radius 2 is 1.97 bits per heavy atom. The van der Waals surface area contributed by atoms with E-state index in [4.69, 9.17) is 27.6 Å². The molecule has 0 N–H and O–H groups in total. The maximum Gasteiger partial charge on any atom is 0.332 e. The lowest BCUT2D eigenvalue weighted by Gasteiger charge is -2.13. The third-order valence-electron chi connectivity index (χ3n) is 5.36. The Balaban J connectivity index is 1.63. The molecule has 0 radical (unpaired) electrons.